The number of tetrazole rings is 1. The van der Waals surface area contributed by atoms with Gasteiger partial charge in [-0.05, 0) is 17.2 Å². The average molecular weight is 419 g/mol. The number of amides is 1. The van der Waals surface area contributed by atoms with Gasteiger partial charge in [0.25, 0.3) is 0 Å². The summed E-state index contributed by atoms with van der Waals surface area (Å²) in [7, 11) is 0. The van der Waals surface area contributed by atoms with E-state index in [1.54, 1.807) is 4.80 Å². The lowest BCUT2D eigenvalue weighted by Crippen LogP contribution is -2.17. The van der Waals surface area contributed by atoms with Crippen LogP contribution in [0.25, 0.3) is 22.0 Å². The topological polar surface area (TPSA) is 85.6 Å². The number of hydrogen-bond acceptors (Lipinski definition) is 6. The minimum absolute atomic E-state index is 0.0746. The molecule has 0 radical (unpaired) electrons. The van der Waals surface area contributed by atoms with E-state index < -0.39 is 0 Å². The molecule has 2 heterocycles. The highest BCUT2D eigenvalue weighted by molar-refractivity contribution is 7.19. The number of aryl methyl sites for hydroxylation is 2. The number of hydrogen-bond donors (Lipinski definition) is 1. The predicted octanol–water partition coefficient (Wildman–Crippen LogP) is 4.30. The van der Waals surface area contributed by atoms with E-state index in [-0.39, 0.29) is 11.8 Å². The van der Waals surface area contributed by atoms with Gasteiger partial charge in [0.2, 0.25) is 11.7 Å². The maximum atomic E-state index is 12.1. The predicted molar refractivity (Wildman–Crippen MR) is 118 cm³/mol. The van der Waals surface area contributed by atoms with Crippen molar-refractivity contribution in [3.05, 3.63) is 66.2 Å². The third kappa shape index (κ3) is 4.60. The van der Waals surface area contributed by atoms with E-state index in [0.29, 0.717) is 17.5 Å². The molecule has 0 unspecified atom stereocenters. The van der Waals surface area contributed by atoms with Crippen LogP contribution in [-0.2, 0) is 17.8 Å². The van der Waals surface area contributed by atoms with Crippen LogP contribution in [0.4, 0.5) is 5.13 Å². The van der Waals surface area contributed by atoms with Crippen molar-refractivity contribution >= 4 is 22.4 Å². The van der Waals surface area contributed by atoms with E-state index >= 15 is 0 Å². The van der Waals surface area contributed by atoms with Crippen molar-refractivity contribution in [1.29, 1.82) is 0 Å². The van der Waals surface area contributed by atoms with Crippen molar-refractivity contribution in [2.45, 2.75) is 26.8 Å². The van der Waals surface area contributed by atoms with E-state index in [4.69, 9.17) is 0 Å². The Balaban J connectivity index is 1.61. The third-order valence-electron chi connectivity index (χ3n) is 4.53. The Kier molecular flexibility index (Phi) is 5.94. The fourth-order valence-corrected chi connectivity index (χ4v) is 3.78. The highest BCUT2D eigenvalue weighted by atomic mass is 32.1. The molecule has 0 bridgehead atoms. The Morgan fingerprint density at radius 1 is 1.07 bits per heavy atom. The van der Waals surface area contributed by atoms with Crippen molar-refractivity contribution in [2.75, 3.05) is 5.32 Å². The molecule has 4 rings (SSSR count). The third-order valence-corrected chi connectivity index (χ3v) is 5.49. The maximum Gasteiger partial charge on any atom is 0.228 e. The molecule has 0 aliphatic carbocycles. The summed E-state index contributed by atoms with van der Waals surface area (Å²) in [5, 5.41) is 16.4. The van der Waals surface area contributed by atoms with Crippen molar-refractivity contribution in [1.82, 2.24) is 25.2 Å². The van der Waals surface area contributed by atoms with Crippen LogP contribution < -0.4 is 5.32 Å². The first-order valence-electron chi connectivity index (χ1n) is 9.79. The number of rotatable bonds is 7. The lowest BCUT2D eigenvalue weighted by atomic mass is 10.1. The zero-order chi connectivity index (χ0) is 20.9. The standard InChI is InChI=1S/C22H22N6OS/c1-15(2)21(29)24-22-23-18(17-11-7-4-8-12-17)19(30-22)20-25-27-28(26-20)14-13-16-9-5-3-6-10-16/h3-12,15H,13-14H2,1-2H3,(H,23,24,29). The molecule has 2 aromatic heterocycles. The SMILES string of the molecule is CC(C)C(=O)Nc1nc(-c2ccccc2)c(-c2nnn(CCc3ccccc3)n2)s1. The minimum Gasteiger partial charge on any atom is -0.302 e. The number of thiazole rings is 1. The van der Waals surface area contributed by atoms with Crippen LogP contribution in [0.15, 0.2) is 60.7 Å². The number of carbonyl (C=O) groups excluding carboxylic acids is 1. The van der Waals surface area contributed by atoms with Crippen molar-refractivity contribution in [3.63, 3.8) is 0 Å². The monoisotopic (exact) mass is 418 g/mol. The molecule has 0 fully saturated rings. The molecule has 0 aliphatic rings. The quantitative estimate of drug-likeness (QED) is 0.484. The van der Waals surface area contributed by atoms with E-state index in [0.717, 1.165) is 22.6 Å². The van der Waals surface area contributed by atoms with Gasteiger partial charge in [-0.15, -0.1) is 10.2 Å². The van der Waals surface area contributed by atoms with Crippen LogP contribution in [-0.4, -0.2) is 31.1 Å². The molecule has 0 saturated carbocycles. The molecule has 1 N–H and O–H groups in total. The van der Waals surface area contributed by atoms with Gasteiger partial charge >= 0.3 is 0 Å². The summed E-state index contributed by atoms with van der Waals surface area (Å²) in [6, 6.07) is 20.0. The van der Waals surface area contributed by atoms with Crippen LogP contribution in [0.5, 0.6) is 0 Å². The van der Waals surface area contributed by atoms with Crippen LogP contribution in [0.2, 0.25) is 0 Å². The molecule has 8 heteroatoms. The molecule has 0 spiro atoms. The molecule has 0 atom stereocenters. The summed E-state index contributed by atoms with van der Waals surface area (Å²) >= 11 is 1.36. The van der Waals surface area contributed by atoms with Crippen LogP contribution >= 0.6 is 11.3 Å². The molecule has 7 nitrogen and oxygen atoms in total. The zero-order valence-corrected chi connectivity index (χ0v) is 17.6. The van der Waals surface area contributed by atoms with Gasteiger partial charge in [-0.3, -0.25) is 4.79 Å². The first-order chi connectivity index (χ1) is 14.6. The molecular formula is C22H22N6OS. The maximum absolute atomic E-state index is 12.1. The molecule has 152 valence electrons. The zero-order valence-electron chi connectivity index (χ0n) is 16.8. The summed E-state index contributed by atoms with van der Waals surface area (Å²) < 4.78 is 0. The molecule has 1 amide bonds. The van der Waals surface area contributed by atoms with Crippen LogP contribution in [0.3, 0.4) is 0 Å². The van der Waals surface area contributed by atoms with Gasteiger partial charge in [0.1, 0.15) is 4.88 Å². The molecule has 2 aromatic carbocycles. The van der Waals surface area contributed by atoms with Crippen molar-refractivity contribution in [3.8, 4) is 22.0 Å². The number of carbonyl (C=O) groups is 1. The van der Waals surface area contributed by atoms with Gasteiger partial charge in [0.15, 0.2) is 5.13 Å². The Bertz CT molecular complexity index is 1120. The number of aromatic nitrogens is 5. The van der Waals surface area contributed by atoms with E-state index in [1.165, 1.54) is 16.9 Å². The normalized spacial score (nSPS) is 11.0. The second-order valence-corrected chi connectivity index (χ2v) is 8.15. The fraction of sp³-hybridized carbons (Fsp3) is 0.227. The number of nitrogens with zero attached hydrogens (tertiary/aromatic N) is 5. The number of anilines is 1. The number of nitrogens with one attached hydrogen (secondary N) is 1. The Hall–Kier alpha value is -3.39. The van der Waals surface area contributed by atoms with Crippen molar-refractivity contribution < 1.29 is 4.79 Å². The summed E-state index contributed by atoms with van der Waals surface area (Å²) in [6.45, 7) is 4.33. The fourth-order valence-electron chi connectivity index (χ4n) is 2.87. The van der Waals surface area contributed by atoms with E-state index in [9.17, 15) is 4.79 Å². The highest BCUT2D eigenvalue weighted by Gasteiger charge is 2.20. The van der Waals surface area contributed by atoms with Crippen molar-refractivity contribution in [2.24, 2.45) is 5.92 Å². The van der Waals surface area contributed by atoms with Gasteiger partial charge in [0, 0.05) is 11.5 Å². The second-order valence-electron chi connectivity index (χ2n) is 7.15. The Morgan fingerprint density at radius 3 is 2.47 bits per heavy atom. The lowest BCUT2D eigenvalue weighted by molar-refractivity contribution is -0.118. The van der Waals surface area contributed by atoms with Gasteiger partial charge in [-0.2, -0.15) is 4.80 Å². The summed E-state index contributed by atoms with van der Waals surface area (Å²) in [5.41, 5.74) is 2.90. The second kappa shape index (κ2) is 8.96. The molecule has 30 heavy (non-hydrogen) atoms. The molecule has 0 saturated heterocycles. The Morgan fingerprint density at radius 2 is 1.77 bits per heavy atom. The van der Waals surface area contributed by atoms with Gasteiger partial charge < -0.3 is 5.32 Å². The number of benzene rings is 2. The van der Waals surface area contributed by atoms with Crippen LogP contribution in [0.1, 0.15) is 19.4 Å². The first-order valence-corrected chi connectivity index (χ1v) is 10.6. The van der Waals surface area contributed by atoms with E-state index in [2.05, 4.69) is 37.8 Å². The van der Waals surface area contributed by atoms with Gasteiger partial charge in [-0.1, -0.05) is 85.8 Å². The first kappa shape index (κ1) is 19.9. The lowest BCUT2D eigenvalue weighted by Gasteiger charge is -2.03. The largest absolute Gasteiger partial charge is 0.302 e. The molecule has 0 aliphatic heterocycles. The molecular weight excluding hydrogens is 396 g/mol. The van der Waals surface area contributed by atoms with Gasteiger partial charge in [-0.25, -0.2) is 4.98 Å². The highest BCUT2D eigenvalue weighted by Crippen LogP contribution is 2.37. The summed E-state index contributed by atoms with van der Waals surface area (Å²) in [6.07, 6.45) is 0.820. The summed E-state index contributed by atoms with van der Waals surface area (Å²) in [4.78, 5) is 19.2. The smallest absolute Gasteiger partial charge is 0.228 e. The Labute approximate surface area is 178 Å². The van der Waals surface area contributed by atoms with Gasteiger partial charge in [0.05, 0.1) is 12.2 Å². The van der Waals surface area contributed by atoms with E-state index in [1.807, 2.05) is 62.4 Å². The minimum atomic E-state index is -0.130. The average Bonchev–Trinajstić information content (AvgIpc) is 3.40. The van der Waals surface area contributed by atoms with Crippen LogP contribution in [0, 0.1) is 5.92 Å². The summed E-state index contributed by atoms with van der Waals surface area (Å²) in [5.74, 6) is 0.299. The molecule has 4 aromatic rings.